The van der Waals surface area contributed by atoms with Crippen molar-refractivity contribution in [2.45, 2.75) is 0 Å². The van der Waals surface area contributed by atoms with Gasteiger partial charge in [-0.2, -0.15) is 0 Å². The van der Waals surface area contributed by atoms with Crippen LogP contribution < -0.4 is 5.56 Å². The van der Waals surface area contributed by atoms with Crippen LogP contribution in [0, 0.1) is 10.1 Å². The zero-order chi connectivity index (χ0) is 12.4. The molecule has 2 aromatic rings. The van der Waals surface area contributed by atoms with E-state index in [1.807, 2.05) is 0 Å². The number of aromatic amines is 1. The lowest BCUT2D eigenvalue weighted by atomic mass is 10.1. The zero-order valence-electron chi connectivity index (χ0n) is 8.51. The summed E-state index contributed by atoms with van der Waals surface area (Å²) in [5.41, 5.74) is 0.117. The van der Waals surface area contributed by atoms with Crippen molar-refractivity contribution in [3.8, 4) is 11.1 Å². The third-order valence-electron chi connectivity index (χ3n) is 2.26. The Morgan fingerprint density at radius 2 is 1.82 bits per heavy atom. The van der Waals surface area contributed by atoms with E-state index in [-0.39, 0.29) is 0 Å². The third kappa shape index (κ3) is 2.34. The summed E-state index contributed by atoms with van der Waals surface area (Å²) in [6.07, 6.45) is 1.43. The first-order chi connectivity index (χ1) is 8.08. The molecule has 1 heterocycles. The SMILES string of the molecule is O=c1[nH]cc(-c2ccc(Cl)cc2)cc1[N+](=O)[O-]. The van der Waals surface area contributed by atoms with E-state index in [0.29, 0.717) is 10.6 Å². The van der Waals surface area contributed by atoms with E-state index in [2.05, 4.69) is 4.98 Å². The highest BCUT2D eigenvalue weighted by atomic mass is 35.5. The summed E-state index contributed by atoms with van der Waals surface area (Å²) in [7, 11) is 0. The molecule has 0 aliphatic carbocycles. The second-order valence-corrected chi connectivity index (χ2v) is 3.80. The number of hydrogen-bond acceptors (Lipinski definition) is 3. The lowest BCUT2D eigenvalue weighted by molar-refractivity contribution is -0.386. The minimum Gasteiger partial charge on any atom is -0.323 e. The molecule has 0 bridgehead atoms. The highest BCUT2D eigenvalue weighted by Gasteiger charge is 2.13. The molecule has 1 N–H and O–H groups in total. The van der Waals surface area contributed by atoms with Gasteiger partial charge in [-0.25, -0.2) is 0 Å². The average Bonchev–Trinajstić information content (AvgIpc) is 2.30. The van der Waals surface area contributed by atoms with Crippen molar-refractivity contribution in [3.05, 3.63) is 62.0 Å². The van der Waals surface area contributed by atoms with Crippen LogP contribution in [-0.4, -0.2) is 9.91 Å². The molecule has 2 rings (SSSR count). The Bertz CT molecular complexity index is 619. The molecule has 0 saturated carbocycles. The van der Waals surface area contributed by atoms with Gasteiger partial charge in [0.1, 0.15) is 0 Å². The number of H-pyrrole nitrogens is 1. The van der Waals surface area contributed by atoms with E-state index >= 15 is 0 Å². The molecule has 0 fully saturated rings. The minimum atomic E-state index is -0.715. The fourth-order valence-electron chi connectivity index (χ4n) is 1.42. The van der Waals surface area contributed by atoms with Crippen molar-refractivity contribution in [3.63, 3.8) is 0 Å². The Morgan fingerprint density at radius 3 is 2.41 bits per heavy atom. The van der Waals surface area contributed by atoms with Gasteiger partial charge in [-0.3, -0.25) is 14.9 Å². The monoisotopic (exact) mass is 250 g/mol. The molecular weight excluding hydrogens is 244 g/mol. The van der Waals surface area contributed by atoms with Crippen molar-refractivity contribution in [2.75, 3.05) is 0 Å². The van der Waals surface area contributed by atoms with Gasteiger partial charge in [0.2, 0.25) is 0 Å². The molecule has 6 heteroatoms. The minimum absolute atomic E-state index is 0.475. The maximum Gasteiger partial charge on any atom is 0.334 e. The van der Waals surface area contributed by atoms with E-state index in [1.165, 1.54) is 12.3 Å². The van der Waals surface area contributed by atoms with Crippen LogP contribution in [0.15, 0.2) is 41.3 Å². The summed E-state index contributed by atoms with van der Waals surface area (Å²) in [5.74, 6) is 0. The van der Waals surface area contributed by atoms with Gasteiger partial charge in [0.15, 0.2) is 0 Å². The first-order valence-corrected chi connectivity index (χ1v) is 5.09. The summed E-state index contributed by atoms with van der Waals surface area (Å²) in [6.45, 7) is 0. The third-order valence-corrected chi connectivity index (χ3v) is 2.51. The van der Waals surface area contributed by atoms with Gasteiger partial charge in [-0.15, -0.1) is 0 Å². The Morgan fingerprint density at radius 1 is 1.18 bits per heavy atom. The summed E-state index contributed by atoms with van der Waals surface area (Å²) in [6, 6.07) is 8.03. The van der Waals surface area contributed by atoms with Crippen molar-refractivity contribution < 1.29 is 4.92 Å². The lowest BCUT2D eigenvalue weighted by Gasteiger charge is -2.01. The summed E-state index contributed by atoms with van der Waals surface area (Å²) in [5, 5.41) is 11.2. The number of aromatic nitrogens is 1. The first kappa shape index (κ1) is 11.3. The number of benzene rings is 1. The standard InChI is InChI=1S/C11H7ClN2O3/c12-9-3-1-7(2-4-9)8-5-10(14(16)17)11(15)13-6-8/h1-6H,(H,13,15). The Balaban J connectivity index is 2.53. The van der Waals surface area contributed by atoms with Gasteiger partial charge < -0.3 is 4.98 Å². The number of rotatable bonds is 2. The van der Waals surface area contributed by atoms with Crippen LogP contribution >= 0.6 is 11.6 Å². The average molecular weight is 251 g/mol. The molecule has 0 spiro atoms. The number of nitro groups is 1. The van der Waals surface area contributed by atoms with Crippen LogP contribution in [0.5, 0.6) is 0 Å². The van der Waals surface area contributed by atoms with Crippen LogP contribution in [0.3, 0.4) is 0 Å². The highest BCUT2D eigenvalue weighted by molar-refractivity contribution is 6.30. The van der Waals surface area contributed by atoms with Crippen LogP contribution in [-0.2, 0) is 0 Å². The predicted molar refractivity (Wildman–Crippen MR) is 64.2 cm³/mol. The van der Waals surface area contributed by atoms with E-state index in [9.17, 15) is 14.9 Å². The molecule has 0 amide bonds. The smallest absolute Gasteiger partial charge is 0.323 e. The van der Waals surface area contributed by atoms with Crippen molar-refractivity contribution in [1.29, 1.82) is 0 Å². The van der Waals surface area contributed by atoms with E-state index < -0.39 is 16.2 Å². The van der Waals surface area contributed by atoms with Crippen molar-refractivity contribution in [2.24, 2.45) is 0 Å². The molecule has 0 radical (unpaired) electrons. The molecule has 0 aliphatic heterocycles. The fourth-order valence-corrected chi connectivity index (χ4v) is 1.54. The maximum atomic E-state index is 11.2. The lowest BCUT2D eigenvalue weighted by Crippen LogP contribution is -2.10. The molecule has 0 atom stereocenters. The highest BCUT2D eigenvalue weighted by Crippen LogP contribution is 2.22. The summed E-state index contributed by atoms with van der Waals surface area (Å²) < 4.78 is 0. The van der Waals surface area contributed by atoms with E-state index in [0.717, 1.165) is 5.56 Å². The number of halogens is 1. The van der Waals surface area contributed by atoms with Crippen LogP contribution in [0.1, 0.15) is 0 Å². The number of nitrogens with one attached hydrogen (secondary N) is 1. The Kier molecular flexibility index (Phi) is 2.93. The van der Waals surface area contributed by atoms with Gasteiger partial charge in [0.25, 0.3) is 0 Å². The second kappa shape index (κ2) is 4.39. The molecule has 0 aliphatic rings. The topological polar surface area (TPSA) is 76.0 Å². The number of hydrogen-bond donors (Lipinski definition) is 1. The van der Waals surface area contributed by atoms with Crippen molar-refractivity contribution in [1.82, 2.24) is 4.98 Å². The number of nitrogens with zero attached hydrogens (tertiary/aromatic N) is 1. The molecule has 1 aromatic carbocycles. The fraction of sp³-hybridized carbons (Fsp3) is 0. The molecular formula is C11H7ClN2O3. The van der Waals surface area contributed by atoms with Gasteiger partial charge in [0.05, 0.1) is 4.92 Å². The Labute approximate surface area is 101 Å². The largest absolute Gasteiger partial charge is 0.334 e. The van der Waals surface area contributed by atoms with E-state index in [1.54, 1.807) is 24.3 Å². The van der Waals surface area contributed by atoms with Gasteiger partial charge >= 0.3 is 11.2 Å². The van der Waals surface area contributed by atoms with Gasteiger partial charge in [0, 0.05) is 22.8 Å². The first-order valence-electron chi connectivity index (χ1n) is 4.71. The van der Waals surface area contributed by atoms with Crippen LogP contribution in [0.25, 0.3) is 11.1 Å². The molecule has 86 valence electrons. The molecule has 0 unspecified atom stereocenters. The van der Waals surface area contributed by atoms with E-state index in [4.69, 9.17) is 11.6 Å². The predicted octanol–water partition coefficient (Wildman–Crippen LogP) is 2.60. The maximum absolute atomic E-state index is 11.2. The molecule has 17 heavy (non-hydrogen) atoms. The summed E-state index contributed by atoms with van der Waals surface area (Å²) >= 11 is 5.74. The van der Waals surface area contributed by atoms with Crippen molar-refractivity contribution >= 4 is 17.3 Å². The van der Waals surface area contributed by atoms with Gasteiger partial charge in [-0.1, -0.05) is 23.7 Å². The number of pyridine rings is 1. The van der Waals surface area contributed by atoms with Crippen LogP contribution in [0.2, 0.25) is 5.02 Å². The van der Waals surface area contributed by atoms with Crippen LogP contribution in [0.4, 0.5) is 5.69 Å². The Hall–Kier alpha value is -2.14. The molecule has 5 nitrogen and oxygen atoms in total. The second-order valence-electron chi connectivity index (χ2n) is 3.37. The summed E-state index contributed by atoms with van der Waals surface area (Å²) in [4.78, 5) is 23.4. The quantitative estimate of drug-likeness (QED) is 0.657. The zero-order valence-corrected chi connectivity index (χ0v) is 9.27. The molecule has 1 aromatic heterocycles. The normalized spacial score (nSPS) is 10.2. The molecule has 0 saturated heterocycles. The van der Waals surface area contributed by atoms with Gasteiger partial charge in [-0.05, 0) is 17.7 Å².